The molecule has 0 radical (unpaired) electrons. The molecule has 5 rings (SSSR count). The zero-order valence-corrected chi connectivity index (χ0v) is 27.9. The van der Waals surface area contributed by atoms with Crippen LogP contribution < -0.4 is 0 Å². The first-order chi connectivity index (χ1) is 22.5. The van der Waals surface area contributed by atoms with Crippen LogP contribution in [0.15, 0.2) is 36.4 Å². The summed E-state index contributed by atoms with van der Waals surface area (Å²) in [5.41, 5.74) is -0.751. The van der Waals surface area contributed by atoms with Gasteiger partial charge in [-0.3, -0.25) is 0 Å². The first-order valence-corrected chi connectivity index (χ1v) is 17.0. The average Bonchev–Trinajstić information content (AvgIpc) is 3.54. The summed E-state index contributed by atoms with van der Waals surface area (Å²) in [6, 6.07) is 9.46. The van der Waals surface area contributed by atoms with Crippen LogP contribution in [-0.2, 0) is 33.3 Å². The van der Waals surface area contributed by atoms with Gasteiger partial charge in [0.15, 0.2) is 12.6 Å². The minimum absolute atomic E-state index is 0.0230. The fourth-order valence-electron chi connectivity index (χ4n) is 8.95. The number of hydrogen-bond donors (Lipinski definition) is 4. The van der Waals surface area contributed by atoms with Gasteiger partial charge < -0.3 is 48.9 Å². The van der Waals surface area contributed by atoms with Crippen molar-refractivity contribution in [3.05, 3.63) is 42.0 Å². The highest BCUT2D eigenvalue weighted by Gasteiger charge is 2.66. The summed E-state index contributed by atoms with van der Waals surface area (Å²) < 4.78 is 29.9. The van der Waals surface area contributed by atoms with Gasteiger partial charge in [-0.25, -0.2) is 4.79 Å². The number of aldehydes is 1. The van der Waals surface area contributed by atoms with Gasteiger partial charge in [0.05, 0.1) is 24.7 Å². The second-order valence-corrected chi connectivity index (χ2v) is 14.3. The summed E-state index contributed by atoms with van der Waals surface area (Å²) in [6.07, 6.45) is -0.892. The predicted molar refractivity (Wildman–Crippen MR) is 170 cm³/mol. The van der Waals surface area contributed by atoms with Gasteiger partial charge in [-0.05, 0) is 67.4 Å². The molecule has 0 aromatic heterocycles. The van der Waals surface area contributed by atoms with E-state index in [1.54, 1.807) is 13.2 Å². The van der Waals surface area contributed by atoms with E-state index in [0.29, 0.717) is 25.9 Å². The van der Waals surface area contributed by atoms with E-state index in [1.807, 2.05) is 37.3 Å². The zero-order valence-electron chi connectivity index (χ0n) is 27.9. The Kier molecular flexibility index (Phi) is 11.6. The standard InChI is InChI=1S/C36H52O11/c1-21-10-12-25(45-28(39)13-11-23-8-6-5-7-9-23)32-35(3,16-14-24-15-17-44-33(24)43-4)22(2)18-27(36(21,32)20-38)47-34-31(42)30(41)29(40)26(19-37)46-34/h5-9,11,13,20-22,24-27,29-34,37,40-42H,10,12,14-19H2,1-4H3/b13-11+/t21-,22-,24-,25?,26+,27?,29+,30-,31+,32-,33?,34+,35+,36-/m0/s1. The fourth-order valence-corrected chi connectivity index (χ4v) is 8.95. The van der Waals surface area contributed by atoms with Crippen LogP contribution in [0, 0.1) is 34.5 Å². The Morgan fingerprint density at radius 1 is 1.02 bits per heavy atom. The molecule has 2 aliphatic carbocycles. The third kappa shape index (κ3) is 6.96. The van der Waals surface area contributed by atoms with E-state index in [0.717, 1.165) is 31.1 Å². The molecule has 2 heterocycles. The van der Waals surface area contributed by atoms with Crippen LogP contribution in [0.5, 0.6) is 0 Å². The van der Waals surface area contributed by atoms with Crippen LogP contribution in [0.4, 0.5) is 0 Å². The summed E-state index contributed by atoms with van der Waals surface area (Å²) in [6.45, 7) is 6.34. The molecule has 2 saturated carbocycles. The molecule has 11 nitrogen and oxygen atoms in total. The maximum atomic E-state index is 13.7. The Morgan fingerprint density at radius 2 is 1.77 bits per heavy atom. The zero-order chi connectivity index (χ0) is 33.9. The van der Waals surface area contributed by atoms with Crippen molar-refractivity contribution in [1.29, 1.82) is 0 Å². The lowest BCUT2D eigenvalue weighted by Crippen LogP contribution is -2.68. The van der Waals surface area contributed by atoms with E-state index in [9.17, 15) is 30.0 Å². The number of methoxy groups -OCH3 is 1. The van der Waals surface area contributed by atoms with Gasteiger partial charge in [0.1, 0.15) is 36.8 Å². The molecule has 47 heavy (non-hydrogen) atoms. The number of esters is 1. The average molecular weight is 661 g/mol. The van der Waals surface area contributed by atoms with E-state index in [2.05, 4.69) is 13.8 Å². The third-order valence-electron chi connectivity index (χ3n) is 11.9. The first kappa shape index (κ1) is 36.1. The normalized spacial score (nSPS) is 43.8. The van der Waals surface area contributed by atoms with Crippen molar-refractivity contribution in [1.82, 2.24) is 0 Å². The first-order valence-electron chi connectivity index (χ1n) is 17.0. The monoisotopic (exact) mass is 660 g/mol. The van der Waals surface area contributed by atoms with E-state index in [1.165, 1.54) is 6.08 Å². The van der Waals surface area contributed by atoms with Crippen molar-refractivity contribution in [3.63, 3.8) is 0 Å². The molecule has 4 fully saturated rings. The molecule has 0 spiro atoms. The number of ether oxygens (including phenoxy) is 5. The summed E-state index contributed by atoms with van der Waals surface area (Å²) in [4.78, 5) is 27.0. The molecule has 0 bridgehead atoms. The number of aliphatic hydroxyl groups excluding tert-OH is 4. The van der Waals surface area contributed by atoms with E-state index >= 15 is 0 Å². The molecule has 4 aliphatic rings. The molecule has 14 atom stereocenters. The second kappa shape index (κ2) is 15.1. The minimum Gasteiger partial charge on any atom is -0.459 e. The summed E-state index contributed by atoms with van der Waals surface area (Å²) in [7, 11) is 1.65. The largest absolute Gasteiger partial charge is 0.459 e. The molecule has 2 saturated heterocycles. The quantitative estimate of drug-likeness (QED) is 0.157. The van der Waals surface area contributed by atoms with Gasteiger partial charge >= 0.3 is 5.97 Å². The van der Waals surface area contributed by atoms with Crippen molar-refractivity contribution < 1.29 is 53.7 Å². The van der Waals surface area contributed by atoms with Crippen LogP contribution in [0.1, 0.15) is 64.9 Å². The molecule has 0 amide bonds. The Hall–Kier alpha value is -2.22. The fraction of sp³-hybridized carbons (Fsp3) is 0.722. The predicted octanol–water partition coefficient (Wildman–Crippen LogP) is 2.86. The molecular weight excluding hydrogens is 608 g/mol. The summed E-state index contributed by atoms with van der Waals surface area (Å²) in [5, 5.41) is 41.5. The number of fused-ring (bicyclic) bond motifs is 1. The van der Waals surface area contributed by atoms with E-state index < -0.39 is 72.2 Å². The summed E-state index contributed by atoms with van der Waals surface area (Å²) in [5.74, 6) is -0.960. The molecule has 1 aromatic carbocycles. The third-order valence-corrected chi connectivity index (χ3v) is 11.9. The number of carbonyl (C=O) groups excluding carboxylic acids is 2. The minimum atomic E-state index is -1.61. The van der Waals surface area contributed by atoms with Crippen molar-refractivity contribution in [2.45, 2.75) is 108 Å². The number of benzene rings is 1. The van der Waals surface area contributed by atoms with Crippen LogP contribution in [0.2, 0.25) is 0 Å². The second-order valence-electron chi connectivity index (χ2n) is 14.3. The SMILES string of the molecule is COC1OCC[C@@H]1CC[C@]1(C)[C@@H](C)CC(O[C@H]2O[C@H](CO)[C@@H](O)[C@H](O)[C@H]2O)[C@]2(C=O)[C@@H](C)CCC(OC(=O)/C=C/c3ccccc3)[C@@H]12. The van der Waals surface area contributed by atoms with E-state index in [4.69, 9.17) is 23.7 Å². The highest BCUT2D eigenvalue weighted by molar-refractivity contribution is 5.87. The van der Waals surface area contributed by atoms with Gasteiger partial charge in [0.25, 0.3) is 0 Å². The topological polar surface area (TPSA) is 161 Å². The van der Waals surface area contributed by atoms with Gasteiger partial charge in [-0.2, -0.15) is 0 Å². The smallest absolute Gasteiger partial charge is 0.331 e. The maximum Gasteiger partial charge on any atom is 0.331 e. The number of aliphatic hydroxyl groups is 4. The number of rotatable bonds is 11. The van der Waals surface area contributed by atoms with Crippen molar-refractivity contribution >= 4 is 18.3 Å². The molecule has 4 N–H and O–H groups in total. The Balaban J connectivity index is 1.49. The Bertz CT molecular complexity index is 1220. The van der Waals surface area contributed by atoms with Gasteiger partial charge in [-0.15, -0.1) is 0 Å². The number of carbonyl (C=O) groups is 2. The molecule has 3 unspecified atom stereocenters. The van der Waals surface area contributed by atoms with Gasteiger partial charge in [0.2, 0.25) is 0 Å². The molecule has 2 aliphatic heterocycles. The van der Waals surface area contributed by atoms with Crippen LogP contribution >= 0.6 is 0 Å². The molecular formula is C36H52O11. The molecule has 262 valence electrons. The highest BCUT2D eigenvalue weighted by atomic mass is 16.7. The van der Waals surface area contributed by atoms with Crippen molar-refractivity contribution in [2.24, 2.45) is 34.5 Å². The Labute approximate surface area is 277 Å². The molecule has 1 aromatic rings. The molecule has 11 heteroatoms. The van der Waals surface area contributed by atoms with Crippen LogP contribution in [0.25, 0.3) is 6.08 Å². The lowest BCUT2D eigenvalue weighted by Gasteiger charge is -2.64. The lowest BCUT2D eigenvalue weighted by atomic mass is 9.42. The van der Waals surface area contributed by atoms with Crippen LogP contribution in [0.3, 0.4) is 0 Å². The van der Waals surface area contributed by atoms with Gasteiger partial charge in [-0.1, -0.05) is 51.1 Å². The lowest BCUT2D eigenvalue weighted by molar-refractivity contribution is -0.335. The maximum absolute atomic E-state index is 13.7. The van der Waals surface area contributed by atoms with Crippen LogP contribution in [-0.4, -0.2) is 102 Å². The van der Waals surface area contributed by atoms with E-state index in [-0.39, 0.29) is 24.0 Å². The number of hydrogen-bond acceptors (Lipinski definition) is 11. The van der Waals surface area contributed by atoms with Crippen molar-refractivity contribution in [2.75, 3.05) is 20.3 Å². The van der Waals surface area contributed by atoms with Gasteiger partial charge in [0, 0.05) is 25.0 Å². The summed E-state index contributed by atoms with van der Waals surface area (Å²) >= 11 is 0. The highest BCUT2D eigenvalue weighted by Crippen LogP contribution is 2.64. The Morgan fingerprint density at radius 3 is 2.45 bits per heavy atom. The van der Waals surface area contributed by atoms with Crippen molar-refractivity contribution in [3.8, 4) is 0 Å².